The lowest BCUT2D eigenvalue weighted by Gasteiger charge is -2.48. The number of amides is 2. The molecule has 4 atom stereocenters. The van der Waals surface area contributed by atoms with E-state index < -0.39 is 35.1 Å². The predicted molar refractivity (Wildman–Crippen MR) is 128 cm³/mol. The minimum Gasteiger partial charge on any atom is -0.343 e. The van der Waals surface area contributed by atoms with Gasteiger partial charge in [-0.15, -0.1) is 0 Å². The quantitative estimate of drug-likeness (QED) is 0.363. The molecule has 3 aliphatic rings. The van der Waals surface area contributed by atoms with Gasteiger partial charge in [-0.25, -0.2) is 0 Å². The molecule has 9 nitrogen and oxygen atoms in total. The van der Waals surface area contributed by atoms with Crippen LogP contribution in [0.2, 0.25) is 0 Å². The SMILES string of the molecule is CCCC(=O)N1CCC(C(=O)C2(C(=O)C3NCCCC3C(=O)CC)CC(C=O)CCN2[C]=O)CC1. The first-order valence-corrected chi connectivity index (χ1v) is 13.1. The summed E-state index contributed by atoms with van der Waals surface area (Å²) >= 11 is 0. The molecule has 0 spiro atoms. The van der Waals surface area contributed by atoms with Crippen molar-refractivity contribution in [2.45, 2.75) is 83.2 Å². The van der Waals surface area contributed by atoms with Crippen LogP contribution in [0.1, 0.15) is 71.6 Å². The van der Waals surface area contributed by atoms with Crippen LogP contribution >= 0.6 is 0 Å². The van der Waals surface area contributed by atoms with Gasteiger partial charge in [0.05, 0.1) is 6.04 Å². The fourth-order valence-electron chi connectivity index (χ4n) is 6.04. The normalized spacial score (nSPS) is 29.9. The lowest BCUT2D eigenvalue weighted by molar-refractivity contribution is -0.153. The summed E-state index contributed by atoms with van der Waals surface area (Å²) in [6.45, 7) is 5.14. The third-order valence-corrected chi connectivity index (χ3v) is 8.05. The second-order valence-corrected chi connectivity index (χ2v) is 10.1. The number of aldehydes is 1. The maximum absolute atomic E-state index is 14.2. The van der Waals surface area contributed by atoms with Gasteiger partial charge >= 0.3 is 6.41 Å². The summed E-state index contributed by atoms with van der Waals surface area (Å²) in [5, 5.41) is 3.16. The fraction of sp³-hybridized carbons (Fsp3) is 0.769. The Labute approximate surface area is 207 Å². The van der Waals surface area contributed by atoms with Crippen molar-refractivity contribution in [2.24, 2.45) is 17.8 Å². The summed E-state index contributed by atoms with van der Waals surface area (Å²) in [7, 11) is 0. The first kappa shape index (κ1) is 27.2. The molecule has 0 bridgehead atoms. The molecule has 2 amide bonds. The molecule has 193 valence electrons. The number of nitrogens with one attached hydrogen (secondary N) is 1. The molecule has 0 aromatic heterocycles. The molecule has 1 radical (unpaired) electrons. The van der Waals surface area contributed by atoms with Crippen molar-refractivity contribution in [1.29, 1.82) is 0 Å². The summed E-state index contributed by atoms with van der Waals surface area (Å²) < 4.78 is 0. The molecule has 3 rings (SSSR count). The van der Waals surface area contributed by atoms with Crippen LogP contribution in [-0.4, -0.2) is 83.5 Å². The van der Waals surface area contributed by atoms with Crippen molar-refractivity contribution >= 4 is 36.0 Å². The number of carbonyl (C=O) groups excluding carboxylic acids is 6. The van der Waals surface area contributed by atoms with Crippen LogP contribution in [0, 0.1) is 17.8 Å². The van der Waals surface area contributed by atoms with E-state index >= 15 is 0 Å². The highest BCUT2D eigenvalue weighted by Gasteiger charge is 2.58. The highest BCUT2D eigenvalue weighted by atomic mass is 16.2. The molecule has 3 saturated heterocycles. The lowest BCUT2D eigenvalue weighted by Crippen LogP contribution is -2.70. The van der Waals surface area contributed by atoms with E-state index in [0.717, 1.165) is 24.0 Å². The summed E-state index contributed by atoms with van der Waals surface area (Å²) in [6, 6.07) is -0.882. The van der Waals surface area contributed by atoms with E-state index in [4.69, 9.17) is 0 Å². The van der Waals surface area contributed by atoms with Gasteiger partial charge in [0.15, 0.2) is 17.1 Å². The van der Waals surface area contributed by atoms with E-state index in [0.29, 0.717) is 51.7 Å². The Balaban J connectivity index is 1.95. The highest BCUT2D eigenvalue weighted by Crippen LogP contribution is 2.39. The third kappa shape index (κ3) is 5.39. The van der Waals surface area contributed by atoms with E-state index in [-0.39, 0.29) is 36.9 Å². The van der Waals surface area contributed by atoms with Crippen molar-refractivity contribution in [2.75, 3.05) is 26.2 Å². The van der Waals surface area contributed by atoms with Gasteiger partial charge in [-0.05, 0) is 51.5 Å². The van der Waals surface area contributed by atoms with Crippen LogP contribution in [-0.2, 0) is 28.8 Å². The van der Waals surface area contributed by atoms with Gasteiger partial charge in [0.1, 0.15) is 12.1 Å². The van der Waals surface area contributed by atoms with Crippen molar-refractivity contribution in [1.82, 2.24) is 15.1 Å². The van der Waals surface area contributed by atoms with Crippen molar-refractivity contribution in [3.05, 3.63) is 0 Å². The van der Waals surface area contributed by atoms with E-state index in [1.807, 2.05) is 13.3 Å². The maximum Gasteiger partial charge on any atom is 0.313 e. The number of piperidine rings is 3. The molecular weight excluding hydrogens is 450 g/mol. The lowest BCUT2D eigenvalue weighted by atomic mass is 9.66. The maximum atomic E-state index is 14.2. The Bertz CT molecular complexity index is 837. The van der Waals surface area contributed by atoms with Gasteiger partial charge in [-0.2, -0.15) is 0 Å². The number of carbonyl (C=O) groups is 5. The minimum absolute atomic E-state index is 0.0507. The van der Waals surface area contributed by atoms with Crippen LogP contribution in [0.3, 0.4) is 0 Å². The predicted octanol–water partition coefficient (Wildman–Crippen LogP) is 1.23. The standard InChI is InChI=1S/C26H38N3O6/c1-3-6-22(33)28-12-9-19(10-13-28)24(34)26(15-18(16-30)8-14-29(26)17-31)25(35)23-20(21(32)4-2)7-5-11-27-23/h16,18-20,23,27H,3-15H2,1-2H3. The van der Waals surface area contributed by atoms with Gasteiger partial charge < -0.3 is 19.9 Å². The van der Waals surface area contributed by atoms with Crippen molar-refractivity contribution in [3.63, 3.8) is 0 Å². The zero-order chi connectivity index (χ0) is 25.6. The van der Waals surface area contributed by atoms with Gasteiger partial charge in [-0.1, -0.05) is 13.8 Å². The van der Waals surface area contributed by atoms with E-state index in [2.05, 4.69) is 5.32 Å². The van der Waals surface area contributed by atoms with Crippen molar-refractivity contribution < 1.29 is 28.8 Å². The van der Waals surface area contributed by atoms with Crippen LogP contribution < -0.4 is 5.32 Å². The van der Waals surface area contributed by atoms with Crippen LogP contribution in [0.25, 0.3) is 0 Å². The number of hydrogen-bond donors (Lipinski definition) is 1. The first-order chi connectivity index (χ1) is 16.8. The van der Waals surface area contributed by atoms with E-state index in [9.17, 15) is 28.8 Å². The number of hydrogen-bond acceptors (Lipinski definition) is 7. The van der Waals surface area contributed by atoms with Gasteiger partial charge in [0, 0.05) is 50.2 Å². The molecule has 35 heavy (non-hydrogen) atoms. The minimum atomic E-state index is -1.83. The summed E-state index contributed by atoms with van der Waals surface area (Å²) in [6.07, 6.45) is 6.43. The number of Topliss-reactive ketones (excluding diaryl/α,β-unsaturated/α-hetero) is 3. The van der Waals surface area contributed by atoms with E-state index in [1.54, 1.807) is 11.8 Å². The molecule has 0 aromatic carbocycles. The molecule has 0 saturated carbocycles. The Morgan fingerprint density at radius 1 is 1.03 bits per heavy atom. The molecule has 0 aliphatic carbocycles. The number of ketones is 3. The average Bonchev–Trinajstić information content (AvgIpc) is 2.91. The van der Waals surface area contributed by atoms with Crippen LogP contribution in [0.15, 0.2) is 0 Å². The highest BCUT2D eigenvalue weighted by molar-refractivity contribution is 6.16. The molecule has 4 unspecified atom stereocenters. The summed E-state index contributed by atoms with van der Waals surface area (Å²) in [4.78, 5) is 80.2. The Kier molecular flexibility index (Phi) is 9.33. The second kappa shape index (κ2) is 12.0. The van der Waals surface area contributed by atoms with Crippen LogP contribution in [0.5, 0.6) is 0 Å². The molecule has 9 heteroatoms. The summed E-state index contributed by atoms with van der Waals surface area (Å²) in [5.74, 6) is -2.49. The summed E-state index contributed by atoms with van der Waals surface area (Å²) in [5.41, 5.74) is -1.83. The Morgan fingerprint density at radius 2 is 1.74 bits per heavy atom. The van der Waals surface area contributed by atoms with Gasteiger partial charge in [0.2, 0.25) is 5.91 Å². The number of rotatable bonds is 10. The first-order valence-electron chi connectivity index (χ1n) is 13.1. The van der Waals surface area contributed by atoms with E-state index in [1.165, 1.54) is 0 Å². The number of likely N-dealkylation sites (tertiary alicyclic amines) is 2. The van der Waals surface area contributed by atoms with Crippen LogP contribution in [0.4, 0.5) is 0 Å². The molecule has 1 N–H and O–H groups in total. The molecule has 3 heterocycles. The molecule has 3 aliphatic heterocycles. The molecule has 3 fully saturated rings. The Hall–Kier alpha value is -2.42. The fourth-order valence-corrected chi connectivity index (χ4v) is 6.04. The monoisotopic (exact) mass is 488 g/mol. The smallest absolute Gasteiger partial charge is 0.313 e. The average molecular weight is 489 g/mol. The molecular formula is C26H38N3O6. The molecule has 0 aromatic rings. The van der Waals surface area contributed by atoms with Crippen molar-refractivity contribution in [3.8, 4) is 0 Å². The van der Waals surface area contributed by atoms with Gasteiger partial charge in [0.25, 0.3) is 0 Å². The van der Waals surface area contributed by atoms with Gasteiger partial charge in [-0.3, -0.25) is 24.0 Å². The Morgan fingerprint density at radius 3 is 2.34 bits per heavy atom. The number of nitrogens with zero attached hydrogens (tertiary/aromatic N) is 2. The largest absolute Gasteiger partial charge is 0.343 e. The second-order valence-electron chi connectivity index (χ2n) is 10.1. The topological polar surface area (TPSA) is 121 Å². The third-order valence-electron chi connectivity index (χ3n) is 8.05. The zero-order valence-corrected chi connectivity index (χ0v) is 20.9. The zero-order valence-electron chi connectivity index (χ0n) is 20.9.